The predicted octanol–water partition coefficient (Wildman–Crippen LogP) is 4.56. The number of para-hydroxylation sites is 1. The van der Waals surface area contributed by atoms with E-state index in [9.17, 15) is 13.2 Å². The van der Waals surface area contributed by atoms with Gasteiger partial charge in [0.1, 0.15) is 11.6 Å². The quantitative estimate of drug-likeness (QED) is 0.396. The summed E-state index contributed by atoms with van der Waals surface area (Å²) in [6.07, 6.45) is 0. The fraction of sp³-hybridized carbons (Fsp3) is 0.130. The number of carbonyl (C=O) groups is 1. The third kappa shape index (κ3) is 5.31. The van der Waals surface area contributed by atoms with E-state index in [1.54, 1.807) is 43.3 Å². The van der Waals surface area contributed by atoms with Crippen LogP contribution in [0.4, 0.5) is 11.4 Å². The van der Waals surface area contributed by atoms with Crippen molar-refractivity contribution in [2.24, 2.45) is 0 Å². The van der Waals surface area contributed by atoms with E-state index in [4.69, 9.17) is 4.74 Å². The zero-order valence-corrected chi connectivity index (χ0v) is 18.9. The summed E-state index contributed by atoms with van der Waals surface area (Å²) in [7, 11) is -3.73. The number of benzene rings is 3. The second-order valence-electron chi connectivity index (χ2n) is 7.06. The molecular formula is C23H21N3O4S2. The van der Waals surface area contributed by atoms with Crippen LogP contribution in [-0.4, -0.2) is 25.9 Å². The number of carbonyl (C=O) groups excluding carboxylic acids is 1. The average Bonchev–Trinajstić information content (AvgIpc) is 3.19. The van der Waals surface area contributed by atoms with Gasteiger partial charge >= 0.3 is 0 Å². The fourth-order valence-electron chi connectivity index (χ4n) is 3.02. The number of nitrogens with zero attached hydrogens (tertiary/aromatic N) is 1. The Kier molecular flexibility index (Phi) is 6.50. The van der Waals surface area contributed by atoms with E-state index in [2.05, 4.69) is 15.0 Å². The number of sulfonamides is 1. The Balaban J connectivity index is 1.36. The molecule has 3 aromatic carbocycles. The molecule has 32 heavy (non-hydrogen) atoms. The van der Waals surface area contributed by atoms with Gasteiger partial charge in [-0.15, -0.1) is 11.3 Å². The van der Waals surface area contributed by atoms with Gasteiger partial charge in [-0.3, -0.25) is 9.52 Å². The highest BCUT2D eigenvalue weighted by Gasteiger charge is 2.15. The number of amides is 1. The minimum absolute atomic E-state index is 0.144. The van der Waals surface area contributed by atoms with E-state index in [0.29, 0.717) is 11.4 Å². The van der Waals surface area contributed by atoms with Crippen LogP contribution >= 0.6 is 11.3 Å². The van der Waals surface area contributed by atoms with Crippen LogP contribution in [0, 0.1) is 6.92 Å². The first-order valence-corrected chi connectivity index (χ1v) is 12.1. The topological polar surface area (TPSA) is 97.4 Å². The molecule has 1 aromatic heterocycles. The summed E-state index contributed by atoms with van der Waals surface area (Å²) in [6.45, 7) is 1.88. The van der Waals surface area contributed by atoms with Crippen LogP contribution < -0.4 is 10.0 Å². The number of hydrogen-bond donors (Lipinski definition) is 2. The van der Waals surface area contributed by atoms with Gasteiger partial charge in [0, 0.05) is 5.69 Å². The number of nitrogens with one attached hydrogen (secondary N) is 2. The molecule has 4 aromatic rings. The van der Waals surface area contributed by atoms with Crippen molar-refractivity contribution in [2.75, 3.05) is 16.6 Å². The van der Waals surface area contributed by atoms with Crippen molar-refractivity contribution in [1.29, 1.82) is 0 Å². The lowest BCUT2D eigenvalue weighted by Crippen LogP contribution is -2.19. The Bertz CT molecular complexity index is 1320. The molecule has 0 unspecified atom stereocenters. The van der Waals surface area contributed by atoms with Crippen LogP contribution in [0.2, 0.25) is 0 Å². The fourth-order valence-corrected chi connectivity index (χ4v) is 5.07. The SMILES string of the molecule is Cc1ccc(NC(=O)COCc2nc3ccccc3s2)cc1NS(=O)(=O)c1ccccc1. The van der Waals surface area contributed by atoms with E-state index >= 15 is 0 Å². The van der Waals surface area contributed by atoms with E-state index in [0.717, 1.165) is 20.8 Å². The van der Waals surface area contributed by atoms with Crippen molar-refractivity contribution < 1.29 is 17.9 Å². The lowest BCUT2D eigenvalue weighted by Gasteiger charge is -2.13. The van der Waals surface area contributed by atoms with Crippen molar-refractivity contribution in [3.8, 4) is 0 Å². The first-order valence-electron chi connectivity index (χ1n) is 9.81. The Hall–Kier alpha value is -3.27. The van der Waals surface area contributed by atoms with Gasteiger partial charge in [-0.25, -0.2) is 13.4 Å². The van der Waals surface area contributed by atoms with Crippen LogP contribution in [0.5, 0.6) is 0 Å². The summed E-state index contributed by atoms with van der Waals surface area (Å²) >= 11 is 1.53. The highest BCUT2D eigenvalue weighted by molar-refractivity contribution is 7.92. The Morgan fingerprint density at radius 2 is 1.78 bits per heavy atom. The predicted molar refractivity (Wildman–Crippen MR) is 126 cm³/mol. The van der Waals surface area contributed by atoms with Gasteiger partial charge in [-0.05, 0) is 48.9 Å². The van der Waals surface area contributed by atoms with Crippen LogP contribution in [0.1, 0.15) is 10.6 Å². The van der Waals surface area contributed by atoms with E-state index in [-0.39, 0.29) is 24.0 Å². The van der Waals surface area contributed by atoms with E-state index in [1.807, 2.05) is 24.3 Å². The van der Waals surface area contributed by atoms with Crippen molar-refractivity contribution in [3.63, 3.8) is 0 Å². The lowest BCUT2D eigenvalue weighted by molar-refractivity contribution is -0.121. The number of fused-ring (bicyclic) bond motifs is 1. The van der Waals surface area contributed by atoms with Crippen LogP contribution in [0.3, 0.4) is 0 Å². The van der Waals surface area contributed by atoms with Gasteiger partial charge in [-0.2, -0.15) is 0 Å². The lowest BCUT2D eigenvalue weighted by atomic mass is 10.2. The monoisotopic (exact) mass is 467 g/mol. The summed E-state index contributed by atoms with van der Waals surface area (Å²) in [5.41, 5.74) is 2.50. The minimum atomic E-state index is -3.73. The van der Waals surface area contributed by atoms with Crippen LogP contribution in [0.25, 0.3) is 10.2 Å². The second-order valence-corrected chi connectivity index (χ2v) is 9.86. The number of ether oxygens (including phenoxy) is 1. The molecule has 9 heteroatoms. The Labute approximate surface area is 190 Å². The smallest absolute Gasteiger partial charge is 0.261 e. The molecule has 0 fully saturated rings. The number of thiazole rings is 1. The van der Waals surface area contributed by atoms with Crippen molar-refractivity contribution >= 4 is 48.9 Å². The molecule has 164 valence electrons. The van der Waals surface area contributed by atoms with E-state index in [1.165, 1.54) is 23.5 Å². The summed E-state index contributed by atoms with van der Waals surface area (Å²) in [5, 5.41) is 3.53. The number of hydrogen-bond acceptors (Lipinski definition) is 6. The number of aryl methyl sites for hydroxylation is 1. The summed E-state index contributed by atoms with van der Waals surface area (Å²) in [6, 6.07) is 20.9. The van der Waals surface area contributed by atoms with Crippen LogP contribution in [-0.2, 0) is 26.2 Å². The zero-order chi connectivity index (χ0) is 22.6. The number of anilines is 2. The molecule has 0 aliphatic rings. The molecule has 2 N–H and O–H groups in total. The first kappa shape index (κ1) is 21.9. The van der Waals surface area contributed by atoms with Crippen LogP contribution in [0.15, 0.2) is 77.7 Å². The molecule has 0 bridgehead atoms. The highest BCUT2D eigenvalue weighted by Crippen LogP contribution is 2.24. The number of rotatable bonds is 8. The first-order chi connectivity index (χ1) is 15.4. The molecular weight excluding hydrogens is 446 g/mol. The molecule has 0 atom stereocenters. The maximum Gasteiger partial charge on any atom is 0.261 e. The molecule has 7 nitrogen and oxygen atoms in total. The van der Waals surface area contributed by atoms with Gasteiger partial charge < -0.3 is 10.1 Å². The van der Waals surface area contributed by atoms with Crippen molar-refractivity contribution in [2.45, 2.75) is 18.4 Å². The van der Waals surface area contributed by atoms with E-state index < -0.39 is 10.0 Å². The number of aromatic nitrogens is 1. The Morgan fingerprint density at radius 1 is 1.03 bits per heavy atom. The molecule has 0 spiro atoms. The van der Waals surface area contributed by atoms with Gasteiger partial charge in [0.2, 0.25) is 5.91 Å². The summed E-state index contributed by atoms with van der Waals surface area (Å²) in [5.74, 6) is -0.341. The maximum atomic E-state index is 12.6. The second kappa shape index (κ2) is 9.47. The average molecular weight is 468 g/mol. The van der Waals surface area contributed by atoms with Gasteiger partial charge in [0.05, 0.1) is 27.4 Å². The summed E-state index contributed by atoms with van der Waals surface area (Å²) in [4.78, 5) is 16.9. The molecule has 0 radical (unpaired) electrons. The molecule has 1 heterocycles. The van der Waals surface area contributed by atoms with Crippen molar-refractivity contribution in [1.82, 2.24) is 4.98 Å². The van der Waals surface area contributed by atoms with Gasteiger partial charge in [0.25, 0.3) is 10.0 Å². The molecule has 1 amide bonds. The van der Waals surface area contributed by atoms with Crippen molar-refractivity contribution in [3.05, 3.63) is 83.4 Å². The minimum Gasteiger partial charge on any atom is -0.364 e. The largest absolute Gasteiger partial charge is 0.364 e. The molecule has 0 saturated carbocycles. The van der Waals surface area contributed by atoms with Gasteiger partial charge in [0.15, 0.2) is 0 Å². The Morgan fingerprint density at radius 3 is 2.56 bits per heavy atom. The summed E-state index contributed by atoms with van der Waals surface area (Å²) < 4.78 is 34.4. The molecule has 4 rings (SSSR count). The molecule has 0 saturated heterocycles. The third-order valence-electron chi connectivity index (χ3n) is 4.62. The zero-order valence-electron chi connectivity index (χ0n) is 17.2. The highest BCUT2D eigenvalue weighted by atomic mass is 32.2. The standard InChI is InChI=1S/C23H21N3O4S2/c1-16-11-12-17(13-20(16)26-32(28,29)18-7-3-2-4-8-18)24-22(27)14-30-15-23-25-19-9-5-6-10-21(19)31-23/h2-13,26H,14-15H2,1H3,(H,24,27). The normalized spacial score (nSPS) is 11.4. The third-order valence-corrected chi connectivity index (χ3v) is 7.01. The van der Waals surface area contributed by atoms with Gasteiger partial charge in [-0.1, -0.05) is 36.4 Å². The molecule has 0 aliphatic heterocycles. The molecule has 0 aliphatic carbocycles. The maximum absolute atomic E-state index is 12.6.